The minimum atomic E-state index is 0.323. The molecule has 1 aromatic rings. The Morgan fingerprint density at radius 1 is 1.35 bits per heavy atom. The monoisotopic (exact) mass is 231 g/mol. The molecular formula is C14H21N3. The molecule has 2 atom stereocenters. The van der Waals surface area contributed by atoms with E-state index in [9.17, 15) is 0 Å². The number of anilines is 1. The zero-order chi connectivity index (χ0) is 11.8. The lowest BCUT2D eigenvalue weighted by Crippen LogP contribution is -2.46. The van der Waals surface area contributed by atoms with Crippen LogP contribution in [0.15, 0.2) is 12.3 Å². The number of hydrogen-bond acceptors (Lipinski definition) is 3. The van der Waals surface area contributed by atoms with Crippen LogP contribution in [0, 0.1) is 5.92 Å². The molecule has 1 saturated heterocycles. The largest absolute Gasteiger partial charge is 0.369 e. The van der Waals surface area contributed by atoms with Gasteiger partial charge in [-0.1, -0.05) is 6.92 Å². The van der Waals surface area contributed by atoms with E-state index < -0.39 is 0 Å². The van der Waals surface area contributed by atoms with Gasteiger partial charge in [0.25, 0.3) is 0 Å². The molecule has 1 aliphatic heterocycles. The first-order chi connectivity index (χ1) is 8.24. The first-order valence-electron chi connectivity index (χ1n) is 6.71. The Kier molecular flexibility index (Phi) is 2.79. The first-order valence-corrected chi connectivity index (χ1v) is 6.71. The van der Waals surface area contributed by atoms with Gasteiger partial charge in [-0.3, -0.25) is 4.98 Å². The maximum absolute atomic E-state index is 6.14. The third-order valence-corrected chi connectivity index (χ3v) is 3.99. The maximum Gasteiger partial charge on any atom is 0.0456 e. The number of pyridine rings is 1. The van der Waals surface area contributed by atoms with E-state index in [1.54, 1.807) is 0 Å². The van der Waals surface area contributed by atoms with E-state index in [1.165, 1.54) is 29.8 Å². The molecule has 3 rings (SSSR count). The summed E-state index contributed by atoms with van der Waals surface area (Å²) in [5, 5.41) is 0. The summed E-state index contributed by atoms with van der Waals surface area (Å²) in [6.07, 6.45) is 6.72. The minimum Gasteiger partial charge on any atom is -0.369 e. The predicted octanol–water partition coefficient (Wildman–Crippen LogP) is 1.74. The fraction of sp³-hybridized carbons (Fsp3) is 0.643. The lowest BCUT2D eigenvalue weighted by atomic mass is 9.95. The van der Waals surface area contributed by atoms with Gasteiger partial charge in [-0.05, 0) is 43.2 Å². The lowest BCUT2D eigenvalue weighted by molar-refractivity contribution is 0.401. The van der Waals surface area contributed by atoms with Gasteiger partial charge in [0.05, 0.1) is 0 Å². The van der Waals surface area contributed by atoms with Crippen LogP contribution in [0.1, 0.15) is 31.0 Å². The summed E-state index contributed by atoms with van der Waals surface area (Å²) in [5.41, 5.74) is 10.3. The fourth-order valence-corrected chi connectivity index (χ4v) is 3.34. The highest BCUT2D eigenvalue weighted by atomic mass is 15.2. The van der Waals surface area contributed by atoms with Gasteiger partial charge in [-0.2, -0.15) is 0 Å². The van der Waals surface area contributed by atoms with Gasteiger partial charge < -0.3 is 10.6 Å². The molecule has 3 nitrogen and oxygen atoms in total. The Bertz CT molecular complexity index is 406. The number of nitrogens with zero attached hydrogens (tertiary/aromatic N) is 2. The summed E-state index contributed by atoms with van der Waals surface area (Å²) >= 11 is 0. The Morgan fingerprint density at radius 3 is 3.06 bits per heavy atom. The predicted molar refractivity (Wildman–Crippen MR) is 70.2 cm³/mol. The molecule has 0 aromatic carbocycles. The average molecular weight is 231 g/mol. The van der Waals surface area contributed by atoms with Crippen molar-refractivity contribution in [1.82, 2.24) is 4.98 Å². The number of nitrogens with two attached hydrogens (primary N) is 1. The zero-order valence-electron chi connectivity index (χ0n) is 10.5. The minimum absolute atomic E-state index is 0.323. The fourth-order valence-electron chi connectivity index (χ4n) is 3.34. The third kappa shape index (κ3) is 2.04. The highest BCUT2D eigenvalue weighted by Gasteiger charge is 2.26. The van der Waals surface area contributed by atoms with Crippen LogP contribution >= 0.6 is 0 Å². The molecule has 1 aliphatic carbocycles. The molecule has 2 N–H and O–H groups in total. The number of fused-ring (bicyclic) bond motifs is 1. The number of aromatic nitrogens is 1. The van der Waals surface area contributed by atoms with Crippen molar-refractivity contribution in [3.63, 3.8) is 0 Å². The van der Waals surface area contributed by atoms with Crippen LogP contribution in [-0.4, -0.2) is 24.1 Å². The second kappa shape index (κ2) is 4.30. The second-order valence-electron chi connectivity index (χ2n) is 5.61. The van der Waals surface area contributed by atoms with Gasteiger partial charge in [0.2, 0.25) is 0 Å². The topological polar surface area (TPSA) is 42.1 Å². The van der Waals surface area contributed by atoms with E-state index in [1.807, 2.05) is 6.20 Å². The van der Waals surface area contributed by atoms with Crippen LogP contribution in [0.2, 0.25) is 0 Å². The second-order valence-corrected chi connectivity index (χ2v) is 5.61. The Labute approximate surface area is 103 Å². The number of aryl methyl sites for hydroxylation is 1. The van der Waals surface area contributed by atoms with Crippen molar-refractivity contribution in [2.45, 2.75) is 38.6 Å². The molecule has 1 aromatic heterocycles. The van der Waals surface area contributed by atoms with Crippen LogP contribution in [0.4, 0.5) is 5.69 Å². The molecule has 92 valence electrons. The molecular weight excluding hydrogens is 210 g/mol. The van der Waals surface area contributed by atoms with Crippen LogP contribution in [-0.2, 0) is 12.8 Å². The van der Waals surface area contributed by atoms with Crippen molar-refractivity contribution in [3.05, 3.63) is 23.5 Å². The molecule has 0 bridgehead atoms. The van der Waals surface area contributed by atoms with Gasteiger partial charge in [-0.15, -0.1) is 0 Å². The van der Waals surface area contributed by atoms with Crippen molar-refractivity contribution >= 4 is 5.69 Å². The number of rotatable bonds is 1. The molecule has 0 unspecified atom stereocenters. The Hall–Kier alpha value is -1.09. The lowest BCUT2D eigenvalue weighted by Gasteiger charge is -2.37. The summed E-state index contributed by atoms with van der Waals surface area (Å²) in [4.78, 5) is 6.97. The number of hydrogen-bond donors (Lipinski definition) is 1. The van der Waals surface area contributed by atoms with E-state index in [-0.39, 0.29) is 0 Å². The quantitative estimate of drug-likeness (QED) is 0.800. The van der Waals surface area contributed by atoms with Gasteiger partial charge in [0.1, 0.15) is 0 Å². The molecule has 1 fully saturated rings. The highest BCUT2D eigenvalue weighted by molar-refractivity contribution is 5.56. The van der Waals surface area contributed by atoms with Gasteiger partial charge in [0.15, 0.2) is 0 Å². The van der Waals surface area contributed by atoms with E-state index >= 15 is 0 Å². The zero-order valence-corrected chi connectivity index (χ0v) is 10.5. The summed E-state index contributed by atoms with van der Waals surface area (Å²) in [7, 11) is 0. The van der Waals surface area contributed by atoms with E-state index in [0.717, 1.165) is 25.9 Å². The molecule has 0 saturated carbocycles. The van der Waals surface area contributed by atoms with Crippen LogP contribution in [0.25, 0.3) is 0 Å². The van der Waals surface area contributed by atoms with Crippen molar-refractivity contribution in [2.75, 3.05) is 18.0 Å². The maximum atomic E-state index is 6.14. The normalized spacial score (nSPS) is 28.2. The summed E-state index contributed by atoms with van der Waals surface area (Å²) in [6, 6.07) is 2.50. The smallest absolute Gasteiger partial charge is 0.0456 e. The molecule has 2 aliphatic rings. The van der Waals surface area contributed by atoms with Crippen molar-refractivity contribution < 1.29 is 0 Å². The Balaban J connectivity index is 1.91. The van der Waals surface area contributed by atoms with Crippen molar-refractivity contribution in [2.24, 2.45) is 11.7 Å². The summed E-state index contributed by atoms with van der Waals surface area (Å²) in [5.74, 6) is 0.698. The van der Waals surface area contributed by atoms with E-state index in [0.29, 0.717) is 12.0 Å². The standard InChI is InChI=1S/C14H21N3/c1-10-7-11(15)9-17(8-10)14-5-6-16-13-4-2-3-12(13)14/h5-6,10-11H,2-4,7-9,15H2,1H3/t10-,11+/m1/s1. The van der Waals surface area contributed by atoms with Crippen molar-refractivity contribution in [1.29, 1.82) is 0 Å². The van der Waals surface area contributed by atoms with Gasteiger partial charge in [0, 0.05) is 36.7 Å². The van der Waals surface area contributed by atoms with Crippen LogP contribution in [0.3, 0.4) is 0 Å². The van der Waals surface area contributed by atoms with Crippen LogP contribution < -0.4 is 10.6 Å². The first kappa shape index (κ1) is 11.0. The summed E-state index contributed by atoms with van der Waals surface area (Å²) in [6.45, 7) is 4.44. The van der Waals surface area contributed by atoms with Gasteiger partial charge >= 0.3 is 0 Å². The SMILES string of the molecule is C[C@@H]1C[C@H](N)CN(c2ccnc3c2CCC3)C1. The molecule has 0 spiro atoms. The summed E-state index contributed by atoms with van der Waals surface area (Å²) < 4.78 is 0. The highest BCUT2D eigenvalue weighted by Crippen LogP contribution is 2.32. The average Bonchev–Trinajstić information content (AvgIpc) is 2.75. The third-order valence-electron chi connectivity index (χ3n) is 3.99. The molecule has 3 heteroatoms. The van der Waals surface area contributed by atoms with Gasteiger partial charge in [-0.25, -0.2) is 0 Å². The molecule has 2 heterocycles. The van der Waals surface area contributed by atoms with E-state index in [2.05, 4.69) is 22.9 Å². The number of piperidine rings is 1. The van der Waals surface area contributed by atoms with E-state index in [4.69, 9.17) is 5.73 Å². The van der Waals surface area contributed by atoms with Crippen LogP contribution in [0.5, 0.6) is 0 Å². The molecule has 0 amide bonds. The Morgan fingerprint density at radius 2 is 2.24 bits per heavy atom. The molecule has 0 radical (unpaired) electrons. The molecule has 17 heavy (non-hydrogen) atoms. The van der Waals surface area contributed by atoms with Crippen molar-refractivity contribution in [3.8, 4) is 0 Å².